The van der Waals surface area contributed by atoms with E-state index in [1.165, 1.54) is 0 Å². The second-order valence-corrected chi connectivity index (χ2v) is 4.95. The van der Waals surface area contributed by atoms with Crippen LogP contribution in [0.25, 0.3) is 10.8 Å². The summed E-state index contributed by atoms with van der Waals surface area (Å²) >= 11 is 0. The fourth-order valence-electron chi connectivity index (χ4n) is 2.29. The van der Waals surface area contributed by atoms with E-state index >= 15 is 0 Å². The minimum absolute atomic E-state index is 0.118. The first-order valence-corrected chi connectivity index (χ1v) is 7.03. The molecule has 3 aromatic carbocycles. The molecule has 114 valence electrons. The third-order valence-corrected chi connectivity index (χ3v) is 3.39. The number of hydrogen-bond acceptors (Lipinski definition) is 3. The molecule has 3 aromatic rings. The molecule has 3 N–H and O–H groups in total. The molecule has 0 saturated carbocycles. The number of fused-ring (bicyclic) bond motifs is 1. The minimum atomic E-state index is -0.773. The summed E-state index contributed by atoms with van der Waals surface area (Å²) in [4.78, 5) is 24.0. The number of para-hydroxylation sites is 1. The fourth-order valence-corrected chi connectivity index (χ4v) is 2.29. The number of carbonyl (C=O) groups excluding carboxylic acids is 2. The molecule has 23 heavy (non-hydrogen) atoms. The number of anilines is 2. The third-order valence-electron chi connectivity index (χ3n) is 3.39. The quantitative estimate of drug-likeness (QED) is 0.636. The lowest BCUT2D eigenvalue weighted by molar-refractivity contribution is -0.132. The van der Waals surface area contributed by atoms with Gasteiger partial charge in [0.1, 0.15) is 5.75 Å². The molecular formula is C18H14N2O3. The summed E-state index contributed by atoms with van der Waals surface area (Å²) in [5, 5.41) is 16.2. The molecule has 3 rings (SSSR count). The summed E-state index contributed by atoms with van der Waals surface area (Å²) in [5.74, 6) is -1.41. The first-order valence-electron chi connectivity index (χ1n) is 7.03. The van der Waals surface area contributed by atoms with Gasteiger partial charge in [0.25, 0.3) is 0 Å². The lowest BCUT2D eigenvalue weighted by Gasteiger charge is -2.09. The zero-order chi connectivity index (χ0) is 16.2. The first kappa shape index (κ1) is 14.6. The Balaban J connectivity index is 1.80. The van der Waals surface area contributed by atoms with Gasteiger partial charge in [-0.1, -0.05) is 42.5 Å². The van der Waals surface area contributed by atoms with Crippen molar-refractivity contribution in [1.29, 1.82) is 0 Å². The maximum atomic E-state index is 12.1. The van der Waals surface area contributed by atoms with Crippen LogP contribution in [0.1, 0.15) is 0 Å². The van der Waals surface area contributed by atoms with E-state index in [4.69, 9.17) is 0 Å². The van der Waals surface area contributed by atoms with Gasteiger partial charge < -0.3 is 15.7 Å². The Morgan fingerprint density at radius 3 is 2.13 bits per heavy atom. The topological polar surface area (TPSA) is 78.4 Å². The van der Waals surface area contributed by atoms with E-state index in [2.05, 4.69) is 10.6 Å². The molecule has 0 aromatic heterocycles. The Bertz CT molecular complexity index is 876. The van der Waals surface area contributed by atoms with E-state index < -0.39 is 11.8 Å². The number of nitrogens with one attached hydrogen (secondary N) is 2. The first-order chi connectivity index (χ1) is 11.1. The summed E-state index contributed by atoms with van der Waals surface area (Å²) in [6.07, 6.45) is 0. The van der Waals surface area contributed by atoms with Crippen LogP contribution in [0.4, 0.5) is 11.4 Å². The minimum Gasteiger partial charge on any atom is -0.507 e. The molecule has 0 saturated heterocycles. The third kappa shape index (κ3) is 3.13. The van der Waals surface area contributed by atoms with Crippen LogP contribution in [-0.4, -0.2) is 16.9 Å². The van der Waals surface area contributed by atoms with Crippen LogP contribution in [0.3, 0.4) is 0 Å². The Labute approximate surface area is 132 Å². The van der Waals surface area contributed by atoms with Crippen LogP contribution >= 0.6 is 0 Å². The van der Waals surface area contributed by atoms with Crippen molar-refractivity contribution in [3.63, 3.8) is 0 Å². The van der Waals surface area contributed by atoms with Gasteiger partial charge in [0.2, 0.25) is 0 Å². The Kier molecular flexibility index (Phi) is 3.93. The zero-order valence-corrected chi connectivity index (χ0v) is 12.1. The number of amides is 2. The number of carbonyl (C=O) groups is 2. The summed E-state index contributed by atoms with van der Waals surface area (Å²) in [6.45, 7) is 0. The molecule has 0 bridgehead atoms. The van der Waals surface area contributed by atoms with Crippen molar-refractivity contribution in [2.24, 2.45) is 0 Å². The van der Waals surface area contributed by atoms with Crippen LogP contribution in [0.5, 0.6) is 5.75 Å². The average molecular weight is 306 g/mol. The molecule has 0 spiro atoms. The van der Waals surface area contributed by atoms with Crippen molar-refractivity contribution < 1.29 is 14.7 Å². The van der Waals surface area contributed by atoms with Crippen molar-refractivity contribution in [2.75, 3.05) is 10.6 Å². The van der Waals surface area contributed by atoms with E-state index in [1.807, 2.05) is 6.07 Å². The molecule has 0 aliphatic heterocycles. The monoisotopic (exact) mass is 306 g/mol. The van der Waals surface area contributed by atoms with Crippen LogP contribution < -0.4 is 10.6 Å². The van der Waals surface area contributed by atoms with Crippen molar-refractivity contribution in [1.82, 2.24) is 0 Å². The molecule has 0 heterocycles. The summed E-state index contributed by atoms with van der Waals surface area (Å²) in [7, 11) is 0. The maximum Gasteiger partial charge on any atom is 0.314 e. The highest BCUT2D eigenvalue weighted by Gasteiger charge is 2.15. The molecular weight excluding hydrogens is 292 g/mol. The number of hydrogen-bond donors (Lipinski definition) is 3. The van der Waals surface area contributed by atoms with E-state index in [0.29, 0.717) is 22.1 Å². The average Bonchev–Trinajstić information content (AvgIpc) is 2.56. The van der Waals surface area contributed by atoms with Gasteiger partial charge >= 0.3 is 11.8 Å². The highest BCUT2D eigenvalue weighted by Crippen LogP contribution is 2.29. The molecule has 5 nitrogen and oxygen atoms in total. The summed E-state index contributed by atoms with van der Waals surface area (Å²) in [6, 6.07) is 18.9. The standard InChI is InChI=1S/C18H14N2O3/c21-16-11-5-8-13-14(16)9-4-10-15(13)20-18(23)17(22)19-12-6-2-1-3-7-12/h1-11,21H,(H,19,22)(H,20,23). The van der Waals surface area contributed by atoms with Crippen LogP contribution in [0, 0.1) is 0 Å². The van der Waals surface area contributed by atoms with Gasteiger partial charge in [-0.15, -0.1) is 0 Å². The van der Waals surface area contributed by atoms with Crippen molar-refractivity contribution in [3.05, 3.63) is 66.7 Å². The second-order valence-electron chi connectivity index (χ2n) is 4.95. The van der Waals surface area contributed by atoms with E-state index in [0.717, 1.165) is 0 Å². The fraction of sp³-hybridized carbons (Fsp3) is 0. The Hall–Kier alpha value is -3.34. The molecule has 0 unspecified atom stereocenters. The lowest BCUT2D eigenvalue weighted by atomic mass is 10.1. The normalized spacial score (nSPS) is 10.3. The molecule has 0 fully saturated rings. The van der Waals surface area contributed by atoms with Crippen molar-refractivity contribution in [3.8, 4) is 5.75 Å². The lowest BCUT2D eigenvalue weighted by Crippen LogP contribution is -2.29. The highest BCUT2D eigenvalue weighted by molar-refractivity contribution is 6.44. The van der Waals surface area contributed by atoms with Gasteiger partial charge in [0, 0.05) is 22.1 Å². The van der Waals surface area contributed by atoms with Crippen molar-refractivity contribution >= 4 is 34.0 Å². The number of benzene rings is 3. The predicted octanol–water partition coefficient (Wildman–Crippen LogP) is 3.12. The molecule has 0 radical (unpaired) electrons. The maximum absolute atomic E-state index is 12.1. The number of phenols is 1. The summed E-state index contributed by atoms with van der Waals surface area (Å²) in [5.41, 5.74) is 1.01. The molecule has 2 amide bonds. The van der Waals surface area contributed by atoms with Gasteiger partial charge in [0.05, 0.1) is 0 Å². The Morgan fingerprint density at radius 1 is 0.696 bits per heavy atom. The number of phenolic OH excluding ortho intramolecular Hbond substituents is 1. The van der Waals surface area contributed by atoms with E-state index in [-0.39, 0.29) is 5.75 Å². The van der Waals surface area contributed by atoms with E-state index in [1.54, 1.807) is 60.7 Å². The van der Waals surface area contributed by atoms with Gasteiger partial charge in [-0.05, 0) is 24.3 Å². The smallest absolute Gasteiger partial charge is 0.314 e. The van der Waals surface area contributed by atoms with Gasteiger partial charge in [-0.2, -0.15) is 0 Å². The van der Waals surface area contributed by atoms with Crippen LogP contribution in [-0.2, 0) is 9.59 Å². The molecule has 0 atom stereocenters. The second kappa shape index (κ2) is 6.19. The molecule has 5 heteroatoms. The van der Waals surface area contributed by atoms with Crippen molar-refractivity contribution in [2.45, 2.75) is 0 Å². The number of aromatic hydroxyl groups is 1. The molecule has 0 aliphatic carbocycles. The Morgan fingerprint density at radius 2 is 1.35 bits per heavy atom. The van der Waals surface area contributed by atoms with Crippen LogP contribution in [0.15, 0.2) is 66.7 Å². The molecule has 0 aliphatic rings. The van der Waals surface area contributed by atoms with Gasteiger partial charge in [-0.25, -0.2) is 0 Å². The van der Waals surface area contributed by atoms with Crippen LogP contribution in [0.2, 0.25) is 0 Å². The van der Waals surface area contributed by atoms with E-state index in [9.17, 15) is 14.7 Å². The number of rotatable bonds is 2. The highest BCUT2D eigenvalue weighted by atomic mass is 16.3. The SMILES string of the molecule is O=C(Nc1ccccc1)C(=O)Nc1cccc2c(O)cccc12. The predicted molar refractivity (Wildman–Crippen MR) is 89.3 cm³/mol. The largest absolute Gasteiger partial charge is 0.507 e. The zero-order valence-electron chi connectivity index (χ0n) is 12.1. The van der Waals surface area contributed by atoms with Gasteiger partial charge in [0.15, 0.2) is 0 Å². The summed E-state index contributed by atoms with van der Waals surface area (Å²) < 4.78 is 0. The van der Waals surface area contributed by atoms with Gasteiger partial charge in [-0.3, -0.25) is 9.59 Å².